The molecule has 0 radical (unpaired) electrons. The topological polar surface area (TPSA) is 214 Å². The Morgan fingerprint density at radius 1 is 0.881 bits per heavy atom. The normalized spacial score (nSPS) is 32.4. The number of methoxy groups -OCH3 is 1. The van der Waals surface area contributed by atoms with Crippen molar-refractivity contribution >= 4 is 46.8 Å². The van der Waals surface area contributed by atoms with Gasteiger partial charge in [-0.2, -0.15) is 0 Å². The highest BCUT2D eigenvalue weighted by Gasteiger charge is 2.54. The number of morpholine rings is 1. The molecule has 17 heteroatoms. The number of nitrogens with zero attached hydrogens (tertiary/aromatic N) is 1. The van der Waals surface area contributed by atoms with Gasteiger partial charge in [0.15, 0.2) is 0 Å². The molecule has 1 saturated heterocycles. The van der Waals surface area contributed by atoms with Crippen LogP contribution >= 0.6 is 11.6 Å². The lowest BCUT2D eigenvalue weighted by molar-refractivity contribution is -0.160. The molecule has 1 amide bonds. The second-order valence-corrected chi connectivity index (χ2v) is 18.4. The molecule has 16 nitrogen and oxygen atoms in total. The third kappa shape index (κ3) is 10.00. The summed E-state index contributed by atoms with van der Waals surface area (Å²) < 4.78 is 35.9. The number of esters is 2. The van der Waals surface area contributed by atoms with E-state index in [0.29, 0.717) is 0 Å². The predicted molar refractivity (Wildman–Crippen MR) is 245 cm³/mol. The maximum atomic E-state index is 15.4. The Balaban J connectivity index is 1.58. The van der Waals surface area contributed by atoms with Crippen molar-refractivity contribution in [3.05, 3.63) is 105 Å². The van der Waals surface area contributed by atoms with Gasteiger partial charge in [0.1, 0.15) is 29.0 Å². The minimum Gasteiger partial charge on any atom is -0.462 e. The molecule has 4 heterocycles. The molecule has 2 aromatic carbocycles. The molecule has 0 aromatic heterocycles. The highest BCUT2D eigenvalue weighted by molar-refractivity contribution is 6.34. The Morgan fingerprint density at radius 2 is 1.54 bits per heavy atom. The molecule has 0 spiro atoms. The van der Waals surface area contributed by atoms with Gasteiger partial charge in [-0.25, -0.2) is 4.79 Å². The number of carbonyl (C=O) groups is 6. The van der Waals surface area contributed by atoms with Crippen molar-refractivity contribution in [2.45, 2.75) is 112 Å². The zero-order valence-electron chi connectivity index (χ0n) is 39.5. The van der Waals surface area contributed by atoms with Crippen LogP contribution in [0.3, 0.4) is 0 Å². The van der Waals surface area contributed by atoms with Gasteiger partial charge in [-0.15, -0.1) is 0 Å². The smallest absolute Gasteiger partial charge is 0.345 e. The summed E-state index contributed by atoms with van der Waals surface area (Å²) in [7, 11) is 1.42. The lowest BCUT2D eigenvalue weighted by atomic mass is 9.78. The van der Waals surface area contributed by atoms with Gasteiger partial charge in [0.05, 0.1) is 64.1 Å². The number of nitrogens with one attached hydrogen (secondary N) is 1. The number of allylic oxidation sites excluding steroid dienone is 4. The molecule has 1 aliphatic carbocycles. The quantitative estimate of drug-likeness (QED) is 0.224. The van der Waals surface area contributed by atoms with Crippen LogP contribution in [0.15, 0.2) is 71.8 Å². The number of ether oxygens (including phenoxy) is 6. The first-order valence-electron chi connectivity index (χ1n) is 22.2. The van der Waals surface area contributed by atoms with E-state index in [1.165, 1.54) is 59.1 Å². The monoisotopic (exact) mass is 946 g/mol. The second-order valence-electron chi connectivity index (χ2n) is 18.0. The maximum absolute atomic E-state index is 15.4. The molecular weight excluding hydrogens is 888 g/mol. The summed E-state index contributed by atoms with van der Waals surface area (Å²) in [6, 6.07) is 6.06. The summed E-state index contributed by atoms with van der Waals surface area (Å²) >= 11 is 6.40. The van der Waals surface area contributed by atoms with Crippen LogP contribution in [0.1, 0.15) is 109 Å². The zero-order chi connectivity index (χ0) is 49.4. The molecule has 0 unspecified atom stereocenters. The number of aliphatic hydroxyl groups excluding tert-OH is 2. The second kappa shape index (κ2) is 20.3. The Bertz CT molecular complexity index is 2470. The number of hydrogen-bond acceptors (Lipinski definition) is 15. The van der Waals surface area contributed by atoms with Crippen LogP contribution in [0, 0.1) is 30.6 Å². The van der Waals surface area contributed by atoms with E-state index >= 15 is 9.59 Å². The average molecular weight is 947 g/mol. The summed E-state index contributed by atoms with van der Waals surface area (Å²) in [5.41, 5.74) is -1.84. The van der Waals surface area contributed by atoms with E-state index in [-0.39, 0.29) is 51.8 Å². The molecule has 11 atom stereocenters. The number of fused-ring (bicyclic) bond motifs is 14. The van der Waals surface area contributed by atoms with Crippen LogP contribution in [-0.2, 0) is 28.5 Å². The van der Waals surface area contributed by atoms with E-state index in [1.807, 2.05) is 0 Å². The Hall–Kier alpha value is -5.65. The number of carbonyl (C=O) groups excluding carboxylic acids is 6. The molecule has 67 heavy (non-hydrogen) atoms. The van der Waals surface area contributed by atoms with Crippen molar-refractivity contribution in [3.8, 4) is 11.5 Å². The number of rotatable bonds is 5. The summed E-state index contributed by atoms with van der Waals surface area (Å²) in [5.74, 6) is -10.5. The van der Waals surface area contributed by atoms with E-state index in [4.69, 9.17) is 40.0 Å². The van der Waals surface area contributed by atoms with E-state index in [9.17, 15) is 29.4 Å². The number of Topliss-reactive ketones (excluding diaryl/α,β-unsaturated/α-hetero) is 3. The van der Waals surface area contributed by atoms with Gasteiger partial charge >= 0.3 is 17.7 Å². The van der Waals surface area contributed by atoms with Gasteiger partial charge in [0.2, 0.25) is 11.6 Å². The van der Waals surface area contributed by atoms with Crippen LogP contribution in [0.5, 0.6) is 11.5 Å². The fourth-order valence-electron chi connectivity index (χ4n) is 9.23. The first-order valence-corrected chi connectivity index (χ1v) is 22.6. The third-order valence-corrected chi connectivity index (χ3v) is 13.3. The van der Waals surface area contributed by atoms with Crippen molar-refractivity contribution in [2.75, 3.05) is 20.2 Å². The van der Waals surface area contributed by atoms with Crippen molar-refractivity contribution in [3.63, 3.8) is 0 Å². The van der Waals surface area contributed by atoms with E-state index in [2.05, 4.69) is 5.32 Å². The van der Waals surface area contributed by atoms with Crippen LogP contribution in [-0.4, -0.2) is 113 Å². The number of benzene rings is 2. The summed E-state index contributed by atoms with van der Waals surface area (Å²) in [6.07, 6.45) is 2.36. The predicted octanol–water partition coefficient (Wildman–Crippen LogP) is 6.23. The number of hydrogen-bond donors (Lipinski definition) is 3. The van der Waals surface area contributed by atoms with Gasteiger partial charge in [0.25, 0.3) is 11.7 Å². The number of amides is 1. The molecule has 360 valence electrons. The van der Waals surface area contributed by atoms with Crippen LogP contribution in [0.4, 0.5) is 0 Å². The van der Waals surface area contributed by atoms with Crippen molar-refractivity contribution in [1.82, 2.24) is 10.2 Å². The van der Waals surface area contributed by atoms with Gasteiger partial charge in [-0.1, -0.05) is 69.7 Å². The minimum atomic E-state index is -2.18. The Labute approximate surface area is 394 Å². The Morgan fingerprint density at radius 3 is 2.16 bits per heavy atom. The first-order chi connectivity index (χ1) is 31.5. The van der Waals surface area contributed by atoms with Gasteiger partial charge in [-0.3, -0.25) is 24.0 Å². The van der Waals surface area contributed by atoms with Crippen molar-refractivity contribution < 1.29 is 67.4 Å². The van der Waals surface area contributed by atoms with Gasteiger partial charge < -0.3 is 48.9 Å². The molecule has 5 bridgehead atoms. The lowest BCUT2D eigenvalue weighted by Gasteiger charge is -2.39. The van der Waals surface area contributed by atoms with Crippen molar-refractivity contribution in [1.29, 1.82) is 0 Å². The van der Waals surface area contributed by atoms with E-state index in [0.717, 1.165) is 6.26 Å². The van der Waals surface area contributed by atoms with Gasteiger partial charge in [0, 0.05) is 68.9 Å². The number of ketones is 3. The Kier molecular flexibility index (Phi) is 15.4. The fourth-order valence-corrected chi connectivity index (χ4v) is 9.44. The summed E-state index contributed by atoms with van der Waals surface area (Å²) in [5, 5.41) is 25.8. The third-order valence-electron chi connectivity index (χ3n) is 12.9. The fraction of sp³-hybridized carbons (Fsp3) is 0.480. The zero-order valence-corrected chi connectivity index (χ0v) is 40.3. The largest absolute Gasteiger partial charge is 0.462 e. The SMILES string of the molecule is CO[C@H]1/C=C/O[C@@]2(C)Oc3c(C)c(OC(=O)c4ccccc4Cl)c4c(c3C2=O)C(=O)C(N2C[C@@H](C)O[C@@H](C)C2)=C(NC(=O)/C(C)=C\C=C\[C@H](C)[C@H](O)[C@@H](C)[C@H](O)[C@H](C)[C@H](OC(C)=O)[C@@H]1C)C4=O. The van der Waals surface area contributed by atoms with E-state index in [1.54, 1.807) is 70.7 Å². The minimum absolute atomic E-state index is 0.0138. The first kappa shape index (κ1) is 50.8. The number of aliphatic hydroxyl groups is 2. The molecule has 2 aromatic rings. The van der Waals surface area contributed by atoms with E-state index < -0.39 is 124 Å². The molecule has 7 rings (SSSR count). The van der Waals surface area contributed by atoms with Crippen LogP contribution in [0.2, 0.25) is 5.02 Å². The molecule has 4 aliphatic heterocycles. The molecule has 3 N–H and O–H groups in total. The molecule has 0 saturated carbocycles. The van der Waals surface area contributed by atoms with Crippen LogP contribution < -0.4 is 14.8 Å². The summed E-state index contributed by atoms with van der Waals surface area (Å²) in [4.78, 5) is 87.7. The van der Waals surface area contributed by atoms with Gasteiger partial charge in [-0.05, 0) is 45.9 Å². The highest BCUT2D eigenvalue weighted by atomic mass is 35.5. The highest BCUT2D eigenvalue weighted by Crippen LogP contribution is 2.50. The average Bonchev–Trinajstić information content (AvgIpc) is 3.54. The van der Waals surface area contributed by atoms with Crippen LogP contribution in [0.25, 0.3) is 0 Å². The molecule has 1 fully saturated rings. The lowest BCUT2D eigenvalue weighted by Crippen LogP contribution is -2.49. The molecule has 5 aliphatic rings. The van der Waals surface area contributed by atoms with Crippen molar-refractivity contribution in [2.24, 2.45) is 23.7 Å². The molecular formula is C50H59ClN2O14. The maximum Gasteiger partial charge on any atom is 0.345 e. The standard InChI is InChI=1S/C50H59ClN2O14/c1-23-15-14-16-24(2)48(60)52-38-39(53-21-25(3)64-26(4)22-53)43(58)35-36(42(38)57)45(66-49(61)32-17-12-13-18-33(32)51)30(8)46-37(35)47(59)50(10,67-46)63-20-19-34(62-11)27(5)44(65-31(9)54)29(7)41(56)28(6)40(23)55/h12-20,23,25-29,34,40-41,44,55-56H,21-22H2,1-11H3,(H,52,60)/b15-14+,20-19+,24-16-/t23-,25-,26+,27+,28+,29-,34-,40-,41-,44+,50-/m0/s1. The number of halogens is 1. The summed E-state index contributed by atoms with van der Waals surface area (Å²) in [6.45, 7) is 16.2.